The number of nitrogens with zero attached hydrogens (tertiary/aromatic N) is 2. The van der Waals surface area contributed by atoms with Gasteiger partial charge < -0.3 is 4.90 Å². The molecule has 0 unspecified atom stereocenters. The van der Waals surface area contributed by atoms with E-state index in [1.165, 1.54) is 4.90 Å². The Morgan fingerprint density at radius 2 is 1.38 bits per heavy atom. The van der Waals surface area contributed by atoms with Gasteiger partial charge in [-0.3, -0.25) is 9.59 Å². The summed E-state index contributed by atoms with van der Waals surface area (Å²) in [5.74, 6) is -0.746. The monoisotopic (exact) mass is 402 g/mol. The van der Waals surface area contributed by atoms with Crippen molar-refractivity contribution < 1.29 is 9.59 Å². The van der Waals surface area contributed by atoms with Crippen molar-refractivity contribution >= 4 is 34.7 Å². The molecule has 0 N–H and O–H groups in total. The highest BCUT2D eigenvalue weighted by Gasteiger charge is 2.42. The molecular weight excluding hydrogens is 384 g/mol. The minimum absolute atomic E-state index is 0.355. The topological polar surface area (TPSA) is 40.6 Å². The van der Waals surface area contributed by atoms with Gasteiger partial charge in [0.05, 0.1) is 16.3 Å². The molecule has 0 bridgehead atoms. The molecular formula is C24H19ClN2O2. The van der Waals surface area contributed by atoms with Gasteiger partial charge in [-0.25, -0.2) is 4.90 Å². The van der Waals surface area contributed by atoms with Crippen molar-refractivity contribution in [1.82, 2.24) is 4.90 Å². The largest absolute Gasteiger partial charge is 0.365 e. The van der Waals surface area contributed by atoms with Crippen LogP contribution in [-0.4, -0.2) is 23.8 Å². The van der Waals surface area contributed by atoms with Crippen LogP contribution in [-0.2, 0) is 16.1 Å². The van der Waals surface area contributed by atoms with Crippen LogP contribution in [0.25, 0.3) is 5.57 Å². The quantitative estimate of drug-likeness (QED) is 0.578. The van der Waals surface area contributed by atoms with Gasteiger partial charge in [0.25, 0.3) is 11.8 Å². The normalized spacial score (nSPS) is 13.9. The molecule has 2 amide bonds. The van der Waals surface area contributed by atoms with Gasteiger partial charge in [-0.05, 0) is 23.3 Å². The van der Waals surface area contributed by atoms with Crippen LogP contribution in [0, 0.1) is 0 Å². The molecule has 1 heterocycles. The van der Waals surface area contributed by atoms with Crippen LogP contribution in [0.4, 0.5) is 5.69 Å². The van der Waals surface area contributed by atoms with Crippen molar-refractivity contribution in [1.29, 1.82) is 0 Å². The lowest BCUT2D eigenvalue weighted by atomic mass is 10.0. The van der Waals surface area contributed by atoms with Crippen LogP contribution in [0.1, 0.15) is 11.1 Å². The van der Waals surface area contributed by atoms with Gasteiger partial charge in [-0.15, -0.1) is 0 Å². The van der Waals surface area contributed by atoms with Crippen molar-refractivity contribution in [2.75, 3.05) is 11.9 Å². The summed E-state index contributed by atoms with van der Waals surface area (Å²) in [5, 5.41) is 0.355. The van der Waals surface area contributed by atoms with Gasteiger partial charge in [-0.1, -0.05) is 84.4 Å². The number of carbonyl (C=O) groups excluding carboxylic acids is 2. The van der Waals surface area contributed by atoms with E-state index >= 15 is 0 Å². The first-order valence-corrected chi connectivity index (χ1v) is 9.64. The van der Waals surface area contributed by atoms with E-state index in [4.69, 9.17) is 11.6 Å². The number of carbonyl (C=O) groups is 2. The standard InChI is InChI=1S/C24H19ClN2O2/c1-26(16-17-10-4-2-5-11-17)22-21(18-12-6-3-7-13-18)23(28)27(24(22)29)20-15-9-8-14-19(20)25/h2-15H,16H2,1H3. The molecule has 4 rings (SSSR count). The molecule has 0 fully saturated rings. The third-order valence-corrected chi connectivity index (χ3v) is 5.18. The number of hydrogen-bond donors (Lipinski definition) is 0. The molecule has 3 aromatic rings. The predicted octanol–water partition coefficient (Wildman–Crippen LogP) is 4.76. The maximum Gasteiger partial charge on any atom is 0.282 e. The molecule has 144 valence electrons. The summed E-state index contributed by atoms with van der Waals surface area (Å²) < 4.78 is 0. The first-order valence-electron chi connectivity index (χ1n) is 9.26. The van der Waals surface area contributed by atoms with E-state index in [0.29, 0.717) is 34.1 Å². The van der Waals surface area contributed by atoms with Crippen LogP contribution in [0.5, 0.6) is 0 Å². The summed E-state index contributed by atoms with van der Waals surface area (Å²) >= 11 is 6.31. The third kappa shape index (κ3) is 3.55. The number of imide groups is 1. The Balaban J connectivity index is 1.81. The average Bonchev–Trinajstić information content (AvgIpc) is 3.00. The molecule has 0 radical (unpaired) electrons. The Morgan fingerprint density at radius 3 is 2.03 bits per heavy atom. The fourth-order valence-electron chi connectivity index (χ4n) is 3.53. The summed E-state index contributed by atoms with van der Waals surface area (Å²) in [6.07, 6.45) is 0. The molecule has 29 heavy (non-hydrogen) atoms. The number of benzene rings is 3. The van der Waals surface area contributed by atoms with Gasteiger partial charge in [0.2, 0.25) is 0 Å². The Bertz CT molecular complexity index is 1090. The van der Waals surface area contributed by atoms with E-state index in [1.807, 2.05) is 72.6 Å². The summed E-state index contributed by atoms with van der Waals surface area (Å²) in [4.78, 5) is 29.8. The zero-order chi connectivity index (χ0) is 20.4. The van der Waals surface area contributed by atoms with Crippen LogP contribution >= 0.6 is 11.6 Å². The van der Waals surface area contributed by atoms with Gasteiger partial charge in [0, 0.05) is 13.6 Å². The van der Waals surface area contributed by atoms with Crippen LogP contribution in [0.3, 0.4) is 0 Å². The van der Waals surface area contributed by atoms with Gasteiger partial charge in [0.15, 0.2) is 0 Å². The van der Waals surface area contributed by atoms with E-state index in [1.54, 1.807) is 24.3 Å². The molecule has 1 aliphatic heterocycles. The fraction of sp³-hybridized carbons (Fsp3) is 0.0833. The van der Waals surface area contributed by atoms with Crippen molar-refractivity contribution in [2.45, 2.75) is 6.54 Å². The minimum Gasteiger partial charge on any atom is -0.365 e. The number of anilines is 1. The highest BCUT2D eigenvalue weighted by atomic mass is 35.5. The van der Waals surface area contributed by atoms with E-state index in [-0.39, 0.29) is 11.8 Å². The van der Waals surface area contributed by atoms with Crippen molar-refractivity contribution in [2.24, 2.45) is 0 Å². The highest BCUT2D eigenvalue weighted by Crippen LogP contribution is 2.37. The summed E-state index contributed by atoms with van der Waals surface area (Å²) in [5.41, 5.74) is 2.89. The van der Waals surface area contributed by atoms with Crippen molar-refractivity contribution in [3.8, 4) is 0 Å². The Morgan fingerprint density at radius 1 is 0.793 bits per heavy atom. The van der Waals surface area contributed by atoms with Gasteiger partial charge >= 0.3 is 0 Å². The summed E-state index contributed by atoms with van der Waals surface area (Å²) in [7, 11) is 1.83. The zero-order valence-corrected chi connectivity index (χ0v) is 16.6. The minimum atomic E-state index is -0.375. The number of para-hydroxylation sites is 1. The lowest BCUT2D eigenvalue weighted by Gasteiger charge is -2.22. The Hall–Kier alpha value is -3.37. The molecule has 4 nitrogen and oxygen atoms in total. The van der Waals surface area contributed by atoms with Crippen LogP contribution in [0.15, 0.2) is 90.6 Å². The zero-order valence-electron chi connectivity index (χ0n) is 15.9. The molecule has 0 aromatic heterocycles. The molecule has 0 saturated carbocycles. The van der Waals surface area contributed by atoms with Crippen LogP contribution in [0.2, 0.25) is 5.02 Å². The number of hydrogen-bond acceptors (Lipinski definition) is 3. The molecule has 1 aliphatic rings. The predicted molar refractivity (Wildman–Crippen MR) is 115 cm³/mol. The maximum atomic E-state index is 13.4. The van der Waals surface area contributed by atoms with Crippen molar-refractivity contribution in [3.63, 3.8) is 0 Å². The second-order valence-electron chi connectivity index (χ2n) is 6.83. The fourth-order valence-corrected chi connectivity index (χ4v) is 3.75. The molecule has 0 aliphatic carbocycles. The summed E-state index contributed by atoms with van der Waals surface area (Å²) in [6.45, 7) is 0.502. The number of rotatable bonds is 5. The average molecular weight is 403 g/mol. The number of halogens is 1. The molecule has 5 heteroatoms. The summed E-state index contributed by atoms with van der Waals surface area (Å²) in [6, 6.07) is 26.0. The van der Waals surface area contributed by atoms with E-state index in [0.717, 1.165) is 5.56 Å². The SMILES string of the molecule is CN(Cc1ccccc1)C1=C(c2ccccc2)C(=O)N(c2ccccc2Cl)C1=O. The second-order valence-corrected chi connectivity index (χ2v) is 7.24. The van der Waals surface area contributed by atoms with E-state index < -0.39 is 0 Å². The first kappa shape index (κ1) is 19.0. The Labute approximate surface area is 174 Å². The molecule has 0 spiro atoms. The second kappa shape index (κ2) is 7.94. The lowest BCUT2D eigenvalue weighted by Crippen LogP contribution is -2.34. The molecule has 0 atom stereocenters. The first-order chi connectivity index (χ1) is 14.1. The van der Waals surface area contributed by atoms with Gasteiger partial charge in [-0.2, -0.15) is 0 Å². The van der Waals surface area contributed by atoms with Crippen molar-refractivity contribution in [3.05, 3.63) is 107 Å². The Kier molecular flexibility index (Phi) is 5.19. The van der Waals surface area contributed by atoms with E-state index in [2.05, 4.69) is 0 Å². The maximum absolute atomic E-state index is 13.4. The number of amides is 2. The highest BCUT2D eigenvalue weighted by molar-refractivity contribution is 6.47. The smallest absolute Gasteiger partial charge is 0.282 e. The van der Waals surface area contributed by atoms with Gasteiger partial charge in [0.1, 0.15) is 5.70 Å². The van der Waals surface area contributed by atoms with E-state index in [9.17, 15) is 9.59 Å². The lowest BCUT2D eigenvalue weighted by molar-refractivity contribution is -0.120. The van der Waals surface area contributed by atoms with Crippen LogP contribution < -0.4 is 4.90 Å². The molecule has 3 aromatic carbocycles. The molecule has 0 saturated heterocycles. The number of likely N-dealkylation sites (N-methyl/N-ethyl adjacent to an activating group) is 1. The third-order valence-electron chi connectivity index (χ3n) is 4.86.